The minimum atomic E-state index is 0.826. The van der Waals surface area contributed by atoms with Gasteiger partial charge < -0.3 is 14.6 Å². The number of benzene rings is 9. The van der Waals surface area contributed by atoms with Crippen molar-refractivity contribution >= 4 is 83.1 Å². The fourth-order valence-corrected chi connectivity index (χ4v) is 8.44. The van der Waals surface area contributed by atoms with Crippen molar-refractivity contribution in [2.24, 2.45) is 0 Å². The van der Waals surface area contributed by atoms with Crippen LogP contribution in [0.1, 0.15) is 5.56 Å². The van der Waals surface area contributed by atoms with Crippen LogP contribution in [0.5, 0.6) is 0 Å². The van der Waals surface area contributed by atoms with Crippen LogP contribution in [0.3, 0.4) is 0 Å². The van der Waals surface area contributed by atoms with E-state index in [9.17, 15) is 0 Å². The smallest absolute Gasteiger partial charge is 0.159 e. The largest absolute Gasteiger partial charge is 0.454 e. The Morgan fingerprint density at radius 3 is 1.89 bits per heavy atom. The SMILES string of the molecule is C1=Cc2cc3oc4c(N(c5ccc(-c6cccc7ccccc67)cc5)c5ccc(-c6cc7ccccc7c7ccccc67)cc5)cccc4c3cc2NC1. The Bertz CT molecular complexity index is 3090. The van der Waals surface area contributed by atoms with Crippen molar-refractivity contribution in [2.45, 2.75) is 0 Å². The van der Waals surface area contributed by atoms with Gasteiger partial charge in [0.2, 0.25) is 0 Å². The van der Waals surface area contributed by atoms with Crippen LogP contribution in [0.15, 0.2) is 186 Å². The Labute approximate surface area is 313 Å². The number of para-hydroxylation sites is 1. The first-order valence-electron chi connectivity index (χ1n) is 18.6. The van der Waals surface area contributed by atoms with Gasteiger partial charge in [-0.1, -0.05) is 140 Å². The molecule has 1 aliphatic rings. The molecule has 54 heavy (non-hydrogen) atoms. The van der Waals surface area contributed by atoms with Crippen LogP contribution in [0.25, 0.3) is 82.6 Å². The highest BCUT2D eigenvalue weighted by molar-refractivity contribution is 6.14. The highest BCUT2D eigenvalue weighted by atomic mass is 16.3. The zero-order chi connectivity index (χ0) is 35.6. The number of rotatable bonds is 5. The third kappa shape index (κ3) is 4.90. The number of furan rings is 1. The molecule has 0 saturated heterocycles. The number of anilines is 4. The first-order valence-corrected chi connectivity index (χ1v) is 18.6. The van der Waals surface area contributed by atoms with E-state index in [0.29, 0.717) is 0 Å². The molecule has 3 heteroatoms. The predicted molar refractivity (Wildman–Crippen MR) is 229 cm³/mol. The standard InChI is InChI=1S/C51H34N2O/c1-3-14-40-33(10-1)12-7-18-41(40)34-21-25-38(26-22-34)53(49-20-8-19-45-47-32-48-37(13-9-29-52-48)31-50(47)54-51(45)49)39-27-23-35(24-28-39)46-30-36-11-2-4-15-42(36)43-16-5-6-17-44(43)46/h1-28,30-32,52H,29H2. The van der Waals surface area contributed by atoms with Crippen LogP contribution in [0, 0.1) is 0 Å². The molecule has 11 rings (SSSR count). The van der Waals surface area contributed by atoms with Crippen LogP contribution >= 0.6 is 0 Å². The first-order chi connectivity index (χ1) is 26.8. The van der Waals surface area contributed by atoms with Crippen molar-refractivity contribution in [3.8, 4) is 22.3 Å². The third-order valence-electron chi connectivity index (χ3n) is 11.0. The summed E-state index contributed by atoms with van der Waals surface area (Å²) in [6.45, 7) is 0.826. The minimum Gasteiger partial charge on any atom is -0.454 e. The van der Waals surface area contributed by atoms with E-state index >= 15 is 0 Å². The molecule has 0 atom stereocenters. The molecule has 0 radical (unpaired) electrons. The van der Waals surface area contributed by atoms with Gasteiger partial charge in [-0.3, -0.25) is 0 Å². The molecule has 2 heterocycles. The second kappa shape index (κ2) is 12.3. The number of nitrogens with one attached hydrogen (secondary N) is 1. The zero-order valence-electron chi connectivity index (χ0n) is 29.5. The van der Waals surface area contributed by atoms with Gasteiger partial charge in [0.1, 0.15) is 5.58 Å². The number of hydrogen-bond acceptors (Lipinski definition) is 3. The molecule has 0 aliphatic carbocycles. The molecule has 1 N–H and O–H groups in total. The Balaban J connectivity index is 1.08. The van der Waals surface area contributed by atoms with Gasteiger partial charge in [0.25, 0.3) is 0 Å². The quantitative estimate of drug-likeness (QED) is 0.182. The van der Waals surface area contributed by atoms with Gasteiger partial charge in [0.15, 0.2) is 5.58 Å². The van der Waals surface area contributed by atoms with Gasteiger partial charge in [-0.2, -0.15) is 0 Å². The molecule has 0 unspecified atom stereocenters. The average Bonchev–Trinajstić information content (AvgIpc) is 3.61. The van der Waals surface area contributed by atoms with Crippen LogP contribution in [-0.4, -0.2) is 6.54 Å². The molecule has 0 bridgehead atoms. The summed E-state index contributed by atoms with van der Waals surface area (Å²) < 4.78 is 6.79. The maximum Gasteiger partial charge on any atom is 0.159 e. The molecule has 0 saturated carbocycles. The molecule has 254 valence electrons. The van der Waals surface area contributed by atoms with E-state index < -0.39 is 0 Å². The summed E-state index contributed by atoms with van der Waals surface area (Å²) in [6.07, 6.45) is 4.32. The zero-order valence-corrected chi connectivity index (χ0v) is 29.5. The number of hydrogen-bond donors (Lipinski definition) is 1. The fraction of sp³-hybridized carbons (Fsp3) is 0.0196. The second-order valence-electron chi connectivity index (χ2n) is 14.1. The second-order valence-corrected chi connectivity index (χ2v) is 14.1. The summed E-state index contributed by atoms with van der Waals surface area (Å²) in [5.74, 6) is 0. The van der Waals surface area contributed by atoms with Crippen molar-refractivity contribution in [1.82, 2.24) is 0 Å². The van der Waals surface area contributed by atoms with Crippen LogP contribution < -0.4 is 10.2 Å². The van der Waals surface area contributed by atoms with Crippen molar-refractivity contribution < 1.29 is 4.42 Å². The molecular weight excluding hydrogens is 657 g/mol. The Hall–Kier alpha value is -7.10. The maximum atomic E-state index is 6.79. The van der Waals surface area contributed by atoms with Gasteiger partial charge in [-0.05, 0) is 103 Å². The molecule has 0 spiro atoms. The molecule has 9 aromatic carbocycles. The van der Waals surface area contributed by atoms with Gasteiger partial charge in [0, 0.05) is 39.9 Å². The number of fused-ring (bicyclic) bond motifs is 8. The summed E-state index contributed by atoms with van der Waals surface area (Å²) in [5, 5.41) is 13.3. The van der Waals surface area contributed by atoms with Crippen molar-refractivity contribution in [2.75, 3.05) is 16.8 Å². The van der Waals surface area contributed by atoms with E-state index in [1.165, 1.54) is 54.6 Å². The Morgan fingerprint density at radius 1 is 0.463 bits per heavy atom. The summed E-state index contributed by atoms with van der Waals surface area (Å²) in [7, 11) is 0. The highest BCUT2D eigenvalue weighted by Gasteiger charge is 2.21. The Kier molecular flexibility index (Phi) is 6.93. The van der Waals surface area contributed by atoms with Crippen LogP contribution in [-0.2, 0) is 0 Å². The fourth-order valence-electron chi connectivity index (χ4n) is 8.44. The lowest BCUT2D eigenvalue weighted by atomic mass is 9.93. The molecule has 0 fully saturated rings. The van der Waals surface area contributed by atoms with Crippen LogP contribution in [0.4, 0.5) is 22.7 Å². The third-order valence-corrected chi connectivity index (χ3v) is 11.0. The molecular formula is C51H34N2O. The van der Waals surface area contributed by atoms with E-state index in [1.54, 1.807) is 0 Å². The van der Waals surface area contributed by atoms with Gasteiger partial charge in [0.05, 0.1) is 5.69 Å². The summed E-state index contributed by atoms with van der Waals surface area (Å²) in [4.78, 5) is 2.33. The van der Waals surface area contributed by atoms with E-state index in [4.69, 9.17) is 4.42 Å². The van der Waals surface area contributed by atoms with E-state index in [0.717, 1.165) is 56.8 Å². The van der Waals surface area contributed by atoms with E-state index in [2.05, 4.69) is 198 Å². The maximum absolute atomic E-state index is 6.79. The van der Waals surface area contributed by atoms with E-state index in [1.807, 2.05) is 0 Å². The van der Waals surface area contributed by atoms with Crippen molar-refractivity contribution in [1.29, 1.82) is 0 Å². The van der Waals surface area contributed by atoms with E-state index in [-0.39, 0.29) is 0 Å². The van der Waals surface area contributed by atoms with Crippen LogP contribution in [0.2, 0.25) is 0 Å². The lowest BCUT2D eigenvalue weighted by Gasteiger charge is -2.26. The molecule has 3 nitrogen and oxygen atoms in total. The Morgan fingerprint density at radius 2 is 1.09 bits per heavy atom. The van der Waals surface area contributed by atoms with Gasteiger partial charge in [-0.15, -0.1) is 0 Å². The molecule has 1 aromatic heterocycles. The number of nitrogens with zero attached hydrogens (tertiary/aromatic N) is 1. The highest BCUT2D eigenvalue weighted by Crippen LogP contribution is 2.45. The molecule has 10 aromatic rings. The summed E-state index contributed by atoms with van der Waals surface area (Å²) >= 11 is 0. The topological polar surface area (TPSA) is 28.4 Å². The minimum absolute atomic E-state index is 0.826. The average molecular weight is 691 g/mol. The predicted octanol–water partition coefficient (Wildman–Crippen LogP) is 14.3. The van der Waals surface area contributed by atoms with Gasteiger partial charge >= 0.3 is 0 Å². The summed E-state index contributed by atoms with van der Waals surface area (Å²) in [5.41, 5.74) is 11.9. The lowest BCUT2D eigenvalue weighted by Crippen LogP contribution is -2.10. The van der Waals surface area contributed by atoms with Crippen molar-refractivity contribution in [3.05, 3.63) is 188 Å². The molecule has 0 amide bonds. The molecule has 1 aliphatic heterocycles. The normalized spacial score (nSPS) is 12.4. The van der Waals surface area contributed by atoms with Gasteiger partial charge in [-0.25, -0.2) is 0 Å². The van der Waals surface area contributed by atoms with Crippen molar-refractivity contribution in [3.63, 3.8) is 0 Å². The monoisotopic (exact) mass is 690 g/mol. The first kappa shape index (κ1) is 30.5. The lowest BCUT2D eigenvalue weighted by molar-refractivity contribution is 0.669. The summed E-state index contributed by atoms with van der Waals surface area (Å²) in [6, 6.07) is 63.7.